The molecule has 2 atom stereocenters. The van der Waals surface area contributed by atoms with Crippen molar-refractivity contribution in [2.45, 2.75) is 31.1 Å². The Morgan fingerprint density at radius 3 is 2.07 bits per heavy atom. The van der Waals surface area contributed by atoms with Gasteiger partial charge in [-0.2, -0.15) is 0 Å². The van der Waals surface area contributed by atoms with Gasteiger partial charge in [0.05, 0.1) is 12.2 Å². The van der Waals surface area contributed by atoms with Crippen LogP contribution >= 0.6 is 24.8 Å². The number of aliphatic hydroxyl groups is 2. The first-order valence-corrected chi connectivity index (χ1v) is 5.08. The molecule has 0 radical (unpaired) electrons. The third-order valence-electron chi connectivity index (χ3n) is 3.12. The van der Waals surface area contributed by atoms with Gasteiger partial charge in [0.2, 0.25) is 0 Å². The Kier molecular flexibility index (Phi) is 7.08. The summed E-state index contributed by atoms with van der Waals surface area (Å²) in [5.74, 6) is 0. The van der Waals surface area contributed by atoms with Crippen molar-refractivity contribution in [3.63, 3.8) is 0 Å². The van der Waals surface area contributed by atoms with Gasteiger partial charge in [-0.05, 0) is 12.8 Å². The highest BCUT2D eigenvalue weighted by Gasteiger charge is 2.32. The molecule has 15 heavy (non-hydrogen) atoms. The zero-order valence-electron chi connectivity index (χ0n) is 8.63. The highest BCUT2D eigenvalue weighted by molar-refractivity contribution is 5.85. The Hall–Kier alpha value is 0.420. The monoisotopic (exact) mass is 258 g/mol. The van der Waals surface area contributed by atoms with Gasteiger partial charge in [-0.15, -0.1) is 24.8 Å². The van der Waals surface area contributed by atoms with Crippen LogP contribution in [0.25, 0.3) is 0 Å². The van der Waals surface area contributed by atoms with Crippen LogP contribution in [0.15, 0.2) is 0 Å². The van der Waals surface area contributed by atoms with Gasteiger partial charge >= 0.3 is 0 Å². The van der Waals surface area contributed by atoms with Crippen LogP contribution in [-0.4, -0.2) is 59.5 Å². The molecule has 0 aromatic carbocycles. The second kappa shape index (κ2) is 6.89. The molecule has 2 aliphatic heterocycles. The third kappa shape index (κ3) is 3.73. The minimum absolute atomic E-state index is 0. The molecule has 2 unspecified atom stereocenters. The molecule has 92 valence electrons. The Bertz CT molecular complexity index is 177. The molecule has 2 saturated heterocycles. The topological polar surface area (TPSA) is 55.7 Å². The average molecular weight is 259 g/mol. The molecule has 6 heteroatoms. The molecule has 0 bridgehead atoms. The number of nitrogens with one attached hydrogen (secondary N) is 1. The van der Waals surface area contributed by atoms with Gasteiger partial charge in [0, 0.05) is 32.2 Å². The molecule has 3 N–H and O–H groups in total. The highest BCUT2D eigenvalue weighted by Crippen LogP contribution is 2.16. The van der Waals surface area contributed by atoms with Crippen LogP contribution in [0.1, 0.15) is 12.8 Å². The molecule has 0 aliphatic carbocycles. The van der Waals surface area contributed by atoms with Crippen molar-refractivity contribution in [1.82, 2.24) is 10.2 Å². The van der Waals surface area contributed by atoms with E-state index >= 15 is 0 Å². The molecular weight excluding hydrogens is 239 g/mol. The van der Waals surface area contributed by atoms with Crippen molar-refractivity contribution >= 4 is 24.8 Å². The zero-order chi connectivity index (χ0) is 9.26. The molecule has 2 heterocycles. The second-order valence-electron chi connectivity index (χ2n) is 4.06. The first kappa shape index (κ1) is 15.4. The Balaban J connectivity index is 0.000000980. The number of piperidine rings is 1. The fourth-order valence-electron chi connectivity index (χ4n) is 2.24. The summed E-state index contributed by atoms with van der Waals surface area (Å²) < 4.78 is 0. The lowest BCUT2D eigenvalue weighted by Gasteiger charge is -2.35. The summed E-state index contributed by atoms with van der Waals surface area (Å²) in [6, 6.07) is 0.271. The summed E-state index contributed by atoms with van der Waals surface area (Å²) >= 11 is 0. The first-order chi connectivity index (χ1) is 6.27. The van der Waals surface area contributed by atoms with Gasteiger partial charge in [0.15, 0.2) is 0 Å². The van der Waals surface area contributed by atoms with Crippen molar-refractivity contribution < 1.29 is 10.2 Å². The number of aliphatic hydroxyl groups excluding tert-OH is 2. The Morgan fingerprint density at radius 2 is 1.60 bits per heavy atom. The number of halogens is 2. The molecule has 0 saturated carbocycles. The van der Waals surface area contributed by atoms with E-state index in [1.807, 2.05) is 0 Å². The maximum atomic E-state index is 9.64. The predicted octanol–water partition coefficient (Wildman–Crippen LogP) is -0.381. The summed E-state index contributed by atoms with van der Waals surface area (Å²) in [5, 5.41) is 22.1. The van der Waals surface area contributed by atoms with Gasteiger partial charge in [-0.1, -0.05) is 0 Å². The number of β-amino-alcohol motifs (C(OH)–C–C–N with tert-alkyl or cyclic N) is 1. The lowest BCUT2D eigenvalue weighted by molar-refractivity contribution is 0.0282. The molecule has 0 aromatic rings. The van der Waals surface area contributed by atoms with Crippen molar-refractivity contribution in [1.29, 1.82) is 0 Å². The van der Waals surface area contributed by atoms with Gasteiger partial charge < -0.3 is 15.5 Å². The summed E-state index contributed by atoms with van der Waals surface area (Å²) in [5.41, 5.74) is 0. The summed E-state index contributed by atoms with van der Waals surface area (Å²) in [6.45, 7) is 3.44. The van der Waals surface area contributed by atoms with E-state index in [2.05, 4.69) is 10.2 Å². The van der Waals surface area contributed by atoms with Crippen LogP contribution in [-0.2, 0) is 0 Å². The highest BCUT2D eigenvalue weighted by atomic mass is 35.5. The number of nitrogens with zero attached hydrogens (tertiary/aromatic N) is 1. The zero-order valence-corrected chi connectivity index (χ0v) is 10.3. The van der Waals surface area contributed by atoms with Gasteiger partial charge in [-0.25, -0.2) is 0 Å². The Labute approximate surface area is 103 Å². The van der Waals surface area contributed by atoms with Gasteiger partial charge in [-0.3, -0.25) is 4.90 Å². The fourth-order valence-corrected chi connectivity index (χ4v) is 2.24. The fraction of sp³-hybridized carbons (Fsp3) is 1.00. The Morgan fingerprint density at radius 1 is 1.00 bits per heavy atom. The number of likely N-dealkylation sites (tertiary alicyclic amines) is 1. The van der Waals surface area contributed by atoms with E-state index in [4.69, 9.17) is 0 Å². The summed E-state index contributed by atoms with van der Waals surface area (Å²) in [4.78, 5) is 2.29. The molecule has 0 aromatic heterocycles. The summed E-state index contributed by atoms with van der Waals surface area (Å²) in [6.07, 6.45) is 1.35. The minimum atomic E-state index is -0.227. The van der Waals surface area contributed by atoms with Crippen LogP contribution in [0.5, 0.6) is 0 Å². The largest absolute Gasteiger partial charge is 0.393 e. The van der Waals surface area contributed by atoms with E-state index < -0.39 is 0 Å². The number of hydrogen-bond donors (Lipinski definition) is 3. The van der Waals surface area contributed by atoms with Crippen LogP contribution in [0.2, 0.25) is 0 Å². The lowest BCUT2D eigenvalue weighted by Crippen LogP contribution is -2.48. The normalized spacial score (nSPS) is 33.2. The molecule has 2 rings (SSSR count). The minimum Gasteiger partial charge on any atom is -0.393 e. The van der Waals surface area contributed by atoms with E-state index in [-0.39, 0.29) is 43.1 Å². The predicted molar refractivity (Wildman–Crippen MR) is 64.0 cm³/mol. The number of rotatable bonds is 1. The first-order valence-electron chi connectivity index (χ1n) is 5.08. The van der Waals surface area contributed by atoms with Crippen LogP contribution in [0.3, 0.4) is 0 Å². The van der Waals surface area contributed by atoms with E-state index in [0.29, 0.717) is 6.54 Å². The van der Waals surface area contributed by atoms with Gasteiger partial charge in [0.25, 0.3) is 0 Å². The van der Waals surface area contributed by atoms with E-state index in [1.165, 1.54) is 0 Å². The second-order valence-corrected chi connectivity index (χ2v) is 4.06. The average Bonchev–Trinajstić information content (AvgIpc) is 2.53. The van der Waals surface area contributed by atoms with Crippen molar-refractivity contribution in [3.8, 4) is 0 Å². The molecule has 2 fully saturated rings. The smallest absolute Gasteiger partial charge is 0.0831 e. The van der Waals surface area contributed by atoms with Crippen LogP contribution in [0, 0.1) is 0 Å². The summed E-state index contributed by atoms with van der Waals surface area (Å²) in [7, 11) is 0. The van der Waals surface area contributed by atoms with Gasteiger partial charge in [0.1, 0.15) is 0 Å². The quantitative estimate of drug-likeness (QED) is 0.601. The maximum Gasteiger partial charge on any atom is 0.0831 e. The molecule has 0 spiro atoms. The van der Waals surface area contributed by atoms with Crippen molar-refractivity contribution in [2.75, 3.05) is 26.2 Å². The van der Waals surface area contributed by atoms with Crippen molar-refractivity contribution in [2.24, 2.45) is 0 Å². The standard InChI is InChI=1S/C9H18N2O2.2ClH/c12-7-1-3-11(4-2-7)8-5-10-6-9(8)13;;/h7-10,12-13H,1-6H2;2*1H. The molecule has 2 aliphatic rings. The number of hydrogen-bond acceptors (Lipinski definition) is 4. The van der Waals surface area contributed by atoms with Crippen LogP contribution < -0.4 is 5.32 Å². The third-order valence-corrected chi connectivity index (χ3v) is 3.12. The molecular formula is C9H20Cl2N2O2. The van der Waals surface area contributed by atoms with E-state index in [1.54, 1.807) is 0 Å². The van der Waals surface area contributed by atoms with E-state index in [0.717, 1.165) is 32.5 Å². The van der Waals surface area contributed by atoms with Crippen molar-refractivity contribution in [3.05, 3.63) is 0 Å². The SMILES string of the molecule is Cl.Cl.OC1CCN(C2CNCC2O)CC1. The van der Waals surface area contributed by atoms with E-state index in [9.17, 15) is 10.2 Å². The maximum absolute atomic E-state index is 9.64. The molecule has 0 amide bonds. The van der Waals surface area contributed by atoms with Crippen LogP contribution in [0.4, 0.5) is 0 Å². The lowest BCUT2D eigenvalue weighted by atomic mass is 10.0. The molecule has 4 nitrogen and oxygen atoms in total.